The Morgan fingerprint density at radius 3 is 2.84 bits per heavy atom. The van der Waals surface area contributed by atoms with Gasteiger partial charge in [0.1, 0.15) is 5.00 Å². The predicted octanol–water partition coefficient (Wildman–Crippen LogP) is 4.18. The highest BCUT2D eigenvalue weighted by Gasteiger charge is 2.32. The number of fused-ring (bicyclic) bond motifs is 1. The van der Waals surface area contributed by atoms with Crippen LogP contribution in [0.3, 0.4) is 0 Å². The van der Waals surface area contributed by atoms with Gasteiger partial charge in [-0.2, -0.15) is 24.9 Å². The van der Waals surface area contributed by atoms with E-state index in [4.69, 9.17) is 0 Å². The molecule has 0 saturated carbocycles. The van der Waals surface area contributed by atoms with Crippen LogP contribution in [0.4, 0.5) is 18.2 Å². The molecule has 0 aliphatic carbocycles. The third kappa shape index (κ3) is 5.19. The zero-order valence-electron chi connectivity index (χ0n) is 17.2. The lowest BCUT2D eigenvalue weighted by Gasteiger charge is -2.29. The summed E-state index contributed by atoms with van der Waals surface area (Å²) in [5.74, 6) is 0.704. The number of nitrogens with one attached hydrogen (secondary N) is 1. The number of amides is 1. The molecule has 2 aliphatic heterocycles. The fraction of sp³-hybridized carbons (Fsp3) is 0.455. The van der Waals surface area contributed by atoms with Gasteiger partial charge >= 0.3 is 6.18 Å². The molecular formula is C22H23F3N2O3S2. The van der Waals surface area contributed by atoms with Gasteiger partial charge < -0.3 is 10.4 Å². The Hall–Kier alpha value is -1.88. The third-order valence-electron chi connectivity index (χ3n) is 5.60. The molecule has 10 heteroatoms. The van der Waals surface area contributed by atoms with Gasteiger partial charge in [-0.1, -0.05) is 12.1 Å². The van der Waals surface area contributed by atoms with E-state index in [2.05, 4.69) is 5.32 Å². The molecule has 0 radical (unpaired) electrons. The second-order valence-electron chi connectivity index (χ2n) is 8.00. The summed E-state index contributed by atoms with van der Waals surface area (Å²) < 4.78 is 39.5. The van der Waals surface area contributed by atoms with Crippen molar-refractivity contribution in [1.29, 1.82) is 0 Å². The van der Waals surface area contributed by atoms with Gasteiger partial charge in [-0.25, -0.2) is 0 Å². The summed E-state index contributed by atoms with van der Waals surface area (Å²) in [6.07, 6.45) is -2.86. The first-order valence-corrected chi connectivity index (χ1v) is 12.3. The number of thioether (sulfide) groups is 1. The van der Waals surface area contributed by atoms with Crippen molar-refractivity contribution < 1.29 is 27.9 Å². The van der Waals surface area contributed by atoms with Crippen molar-refractivity contribution in [2.24, 2.45) is 0 Å². The van der Waals surface area contributed by atoms with Crippen LogP contribution in [0, 0.1) is 0 Å². The van der Waals surface area contributed by atoms with Crippen LogP contribution in [0.15, 0.2) is 24.3 Å². The van der Waals surface area contributed by atoms with Gasteiger partial charge in [-0.3, -0.25) is 14.5 Å². The molecule has 1 amide bonds. The third-order valence-corrected chi connectivity index (χ3v) is 7.92. The lowest BCUT2D eigenvalue weighted by molar-refractivity contribution is -0.137. The Kier molecular flexibility index (Phi) is 6.94. The Morgan fingerprint density at radius 2 is 2.09 bits per heavy atom. The van der Waals surface area contributed by atoms with Crippen molar-refractivity contribution in [3.05, 3.63) is 51.4 Å². The number of piperidine rings is 1. The largest absolute Gasteiger partial charge is 0.416 e. The van der Waals surface area contributed by atoms with Crippen molar-refractivity contribution >= 4 is 39.8 Å². The van der Waals surface area contributed by atoms with E-state index in [1.807, 2.05) is 4.90 Å². The van der Waals surface area contributed by atoms with E-state index < -0.39 is 23.6 Å². The van der Waals surface area contributed by atoms with Crippen molar-refractivity contribution in [2.45, 2.75) is 37.3 Å². The van der Waals surface area contributed by atoms with Crippen molar-refractivity contribution in [2.75, 3.05) is 30.7 Å². The number of aliphatic hydroxyl groups excluding tert-OH is 1. The number of likely N-dealkylation sites (tertiary alicyclic amines) is 1. The number of ketones is 1. The summed E-state index contributed by atoms with van der Waals surface area (Å²) in [6, 6.07) is 4.40. The van der Waals surface area contributed by atoms with Gasteiger partial charge in [0.05, 0.1) is 23.8 Å². The highest BCUT2D eigenvalue weighted by Crippen LogP contribution is 2.41. The second-order valence-corrected chi connectivity index (χ2v) is 10.2. The first kappa shape index (κ1) is 23.3. The molecular weight excluding hydrogens is 461 g/mol. The Balaban J connectivity index is 1.61. The molecule has 1 fully saturated rings. The fourth-order valence-corrected chi connectivity index (χ4v) is 6.48. The smallest absolute Gasteiger partial charge is 0.392 e. The first-order chi connectivity index (χ1) is 15.2. The average molecular weight is 485 g/mol. The average Bonchev–Trinajstić information content (AvgIpc) is 3.10. The van der Waals surface area contributed by atoms with Gasteiger partial charge in [-0.15, -0.1) is 11.3 Å². The molecule has 4 rings (SSSR count). The lowest BCUT2D eigenvalue weighted by atomic mass is 9.97. The van der Waals surface area contributed by atoms with E-state index in [0.29, 0.717) is 42.2 Å². The molecule has 1 aromatic carbocycles. The zero-order chi connectivity index (χ0) is 22.9. The minimum absolute atomic E-state index is 0.0479. The maximum atomic E-state index is 13.3. The summed E-state index contributed by atoms with van der Waals surface area (Å²) in [7, 11) is 0. The number of halogens is 3. The molecule has 0 spiro atoms. The number of nitrogens with zero attached hydrogens (tertiary/aromatic N) is 1. The molecule has 1 unspecified atom stereocenters. The number of benzene rings is 1. The van der Waals surface area contributed by atoms with E-state index >= 15 is 0 Å². The number of alkyl halides is 3. The van der Waals surface area contributed by atoms with Crippen LogP contribution in [0.2, 0.25) is 0 Å². The number of carbonyl (C=O) groups excluding carboxylic acids is 2. The van der Waals surface area contributed by atoms with Crippen LogP contribution >= 0.6 is 23.1 Å². The van der Waals surface area contributed by atoms with Gasteiger partial charge in [0.2, 0.25) is 5.91 Å². The standard InChI is InChI=1S/C22H23F3N2O3S2/c23-22(24,25)14-4-1-3-13(9-14)20(30)19-16-6-8-31-12-17(16)32-21(19)26-18(29)11-27-7-2-5-15(28)10-27/h1,3-4,9,15,28H,2,5-8,10-12H2,(H,26,29). The SMILES string of the molecule is O=C(CN1CCCC(O)C1)Nc1sc2c(c1C(=O)c1cccc(C(F)(F)F)c1)CCSC2. The number of anilines is 1. The van der Waals surface area contributed by atoms with Crippen molar-refractivity contribution in [1.82, 2.24) is 4.90 Å². The minimum atomic E-state index is -4.54. The molecule has 2 aliphatic rings. The van der Waals surface area contributed by atoms with E-state index in [0.717, 1.165) is 34.7 Å². The number of aliphatic hydroxyl groups is 1. The maximum absolute atomic E-state index is 13.3. The zero-order valence-corrected chi connectivity index (χ0v) is 18.8. The number of hydrogen-bond donors (Lipinski definition) is 2. The highest BCUT2D eigenvalue weighted by molar-refractivity contribution is 7.98. The van der Waals surface area contributed by atoms with Gasteiger partial charge in [0.25, 0.3) is 0 Å². The predicted molar refractivity (Wildman–Crippen MR) is 119 cm³/mol. The number of carbonyl (C=O) groups is 2. The molecule has 2 aromatic rings. The number of rotatable bonds is 5. The second kappa shape index (κ2) is 9.54. The maximum Gasteiger partial charge on any atom is 0.416 e. The van der Waals surface area contributed by atoms with E-state index in [1.165, 1.54) is 23.5 Å². The normalized spacial score (nSPS) is 19.4. The van der Waals surface area contributed by atoms with Crippen LogP contribution in [-0.4, -0.2) is 53.2 Å². The van der Waals surface area contributed by atoms with Crippen molar-refractivity contribution in [3.63, 3.8) is 0 Å². The molecule has 5 nitrogen and oxygen atoms in total. The fourth-order valence-electron chi connectivity index (χ4n) is 4.09. The lowest BCUT2D eigenvalue weighted by Crippen LogP contribution is -2.42. The van der Waals surface area contributed by atoms with Gasteiger partial charge in [-0.05, 0) is 49.3 Å². The van der Waals surface area contributed by atoms with Crippen LogP contribution in [0.5, 0.6) is 0 Å². The summed E-state index contributed by atoms with van der Waals surface area (Å²) in [5.41, 5.74) is 0.196. The summed E-state index contributed by atoms with van der Waals surface area (Å²) in [4.78, 5) is 28.9. The minimum Gasteiger partial charge on any atom is -0.392 e. The monoisotopic (exact) mass is 484 g/mol. The molecule has 2 N–H and O–H groups in total. The molecule has 1 aromatic heterocycles. The van der Waals surface area contributed by atoms with Gasteiger partial charge in [0.15, 0.2) is 5.78 Å². The summed E-state index contributed by atoms with van der Waals surface area (Å²) in [6.45, 7) is 1.21. The molecule has 172 valence electrons. The van der Waals surface area contributed by atoms with Crippen LogP contribution in [0.1, 0.15) is 44.8 Å². The molecule has 32 heavy (non-hydrogen) atoms. The number of β-amino-alcohol motifs (C(OH)–C–C–N with tert-alkyl or cyclic N) is 1. The Bertz CT molecular complexity index is 1020. The summed E-state index contributed by atoms with van der Waals surface area (Å²) >= 11 is 3.04. The van der Waals surface area contributed by atoms with Gasteiger partial charge in [0, 0.05) is 22.7 Å². The Morgan fingerprint density at radius 1 is 1.28 bits per heavy atom. The van der Waals surface area contributed by atoms with E-state index in [-0.39, 0.29) is 18.0 Å². The van der Waals surface area contributed by atoms with Crippen LogP contribution < -0.4 is 5.32 Å². The van der Waals surface area contributed by atoms with E-state index in [1.54, 1.807) is 11.8 Å². The molecule has 3 heterocycles. The molecule has 1 atom stereocenters. The topological polar surface area (TPSA) is 69.6 Å². The van der Waals surface area contributed by atoms with Crippen molar-refractivity contribution in [3.8, 4) is 0 Å². The molecule has 0 bridgehead atoms. The quantitative estimate of drug-likeness (QED) is 0.623. The number of hydrogen-bond acceptors (Lipinski definition) is 6. The van der Waals surface area contributed by atoms with Crippen LogP contribution in [-0.2, 0) is 23.1 Å². The molecule has 1 saturated heterocycles. The van der Waals surface area contributed by atoms with Crippen LogP contribution in [0.25, 0.3) is 0 Å². The number of thiophene rings is 1. The Labute approximate surface area is 192 Å². The summed E-state index contributed by atoms with van der Waals surface area (Å²) in [5, 5.41) is 13.0. The highest BCUT2D eigenvalue weighted by atomic mass is 32.2. The first-order valence-electron chi connectivity index (χ1n) is 10.4. The van der Waals surface area contributed by atoms with E-state index in [9.17, 15) is 27.9 Å².